The Bertz CT molecular complexity index is 622. The first-order chi connectivity index (χ1) is 9.16. The van der Waals surface area contributed by atoms with Crippen molar-refractivity contribution in [1.82, 2.24) is 5.32 Å². The maximum atomic E-state index is 11.1. The van der Waals surface area contributed by atoms with Crippen LogP contribution in [-0.4, -0.2) is 22.9 Å². The summed E-state index contributed by atoms with van der Waals surface area (Å²) in [6.45, 7) is 1.93. The van der Waals surface area contributed by atoms with Gasteiger partial charge in [-0.05, 0) is 25.2 Å². The number of fused-ring (bicyclic) bond motifs is 1. The van der Waals surface area contributed by atoms with Crippen LogP contribution < -0.4 is 5.32 Å². The van der Waals surface area contributed by atoms with Gasteiger partial charge in [0.2, 0.25) is 0 Å². The van der Waals surface area contributed by atoms with E-state index in [0.29, 0.717) is 6.42 Å². The van der Waals surface area contributed by atoms with Gasteiger partial charge in [0, 0.05) is 10.9 Å². The van der Waals surface area contributed by atoms with Gasteiger partial charge < -0.3 is 9.52 Å². The predicted molar refractivity (Wildman–Crippen MR) is 75.3 cm³/mol. The summed E-state index contributed by atoms with van der Waals surface area (Å²) < 4.78 is 5.75. The summed E-state index contributed by atoms with van der Waals surface area (Å²) in [6, 6.07) is 7.40. The lowest BCUT2D eigenvalue weighted by Crippen LogP contribution is -2.41. The van der Waals surface area contributed by atoms with E-state index in [2.05, 4.69) is 5.32 Å². The van der Waals surface area contributed by atoms with Gasteiger partial charge in [0.1, 0.15) is 17.4 Å². The second-order valence-electron chi connectivity index (χ2n) is 4.67. The van der Waals surface area contributed by atoms with Gasteiger partial charge in [-0.1, -0.05) is 18.2 Å². The van der Waals surface area contributed by atoms with Gasteiger partial charge in [0.25, 0.3) is 0 Å². The van der Waals surface area contributed by atoms with Crippen molar-refractivity contribution in [1.29, 1.82) is 0 Å². The van der Waals surface area contributed by atoms with E-state index in [1.54, 1.807) is 11.8 Å². The van der Waals surface area contributed by atoms with Crippen molar-refractivity contribution in [3.63, 3.8) is 0 Å². The Hall–Kier alpha value is -1.46. The molecule has 4 nitrogen and oxygen atoms in total. The molecule has 2 N–H and O–H groups in total. The molecule has 100 valence electrons. The van der Waals surface area contributed by atoms with Crippen LogP contribution in [-0.2, 0) is 4.79 Å². The monoisotopic (exact) mass is 277 g/mol. The summed E-state index contributed by atoms with van der Waals surface area (Å²) in [7, 11) is 0. The summed E-state index contributed by atoms with van der Waals surface area (Å²) in [5, 5.41) is 13.4. The molecule has 1 aliphatic heterocycles. The summed E-state index contributed by atoms with van der Waals surface area (Å²) in [5.74, 6) is 0.918. The number of carboxylic acids is 1. The minimum Gasteiger partial charge on any atom is -0.480 e. The first-order valence-corrected chi connectivity index (χ1v) is 7.30. The molecule has 1 saturated heterocycles. The highest BCUT2D eigenvalue weighted by Gasteiger charge is 2.30. The third-order valence-corrected chi connectivity index (χ3v) is 4.60. The van der Waals surface area contributed by atoms with Crippen LogP contribution in [0.25, 0.3) is 11.0 Å². The first-order valence-electron chi connectivity index (χ1n) is 6.25. The molecule has 2 unspecified atom stereocenters. The fourth-order valence-electron chi connectivity index (χ4n) is 2.49. The van der Waals surface area contributed by atoms with Crippen molar-refractivity contribution in [2.24, 2.45) is 0 Å². The van der Waals surface area contributed by atoms with Crippen molar-refractivity contribution >= 4 is 28.7 Å². The Balaban J connectivity index is 1.99. The number of hydrogen-bond acceptors (Lipinski definition) is 4. The second-order valence-corrected chi connectivity index (χ2v) is 5.88. The fourth-order valence-corrected chi connectivity index (χ4v) is 3.82. The van der Waals surface area contributed by atoms with Crippen molar-refractivity contribution < 1.29 is 14.3 Å². The Morgan fingerprint density at radius 1 is 1.47 bits per heavy atom. The molecule has 1 aliphatic rings. The van der Waals surface area contributed by atoms with Crippen molar-refractivity contribution in [3.05, 3.63) is 35.6 Å². The Morgan fingerprint density at radius 2 is 2.26 bits per heavy atom. The average molecular weight is 277 g/mol. The zero-order valence-electron chi connectivity index (χ0n) is 10.6. The molecule has 2 heterocycles. The third-order valence-electron chi connectivity index (χ3n) is 3.42. The molecule has 5 heteroatoms. The second kappa shape index (κ2) is 4.90. The highest BCUT2D eigenvalue weighted by molar-refractivity contribution is 7.99. The standard InChI is InChI=1S/C14H15NO3S/c1-8-12(9-4-2-3-5-11(9)18-8)13-15-10(14(16)17)6-7-19-13/h2-5,10,13,15H,6-7H2,1H3,(H,16,17). The number of carbonyl (C=O) groups is 1. The maximum Gasteiger partial charge on any atom is 0.320 e. The normalized spacial score (nSPS) is 23.6. The van der Waals surface area contributed by atoms with Crippen LogP contribution in [0.5, 0.6) is 0 Å². The van der Waals surface area contributed by atoms with E-state index in [0.717, 1.165) is 28.0 Å². The number of benzene rings is 1. The molecular formula is C14H15NO3S. The Labute approximate surface area is 115 Å². The number of carboxylic acid groups (broad SMARTS) is 1. The maximum absolute atomic E-state index is 11.1. The molecule has 2 aromatic rings. The molecule has 0 amide bonds. The number of furan rings is 1. The quantitative estimate of drug-likeness (QED) is 0.883. The molecule has 0 saturated carbocycles. The number of nitrogens with one attached hydrogen (secondary N) is 1. The van der Waals surface area contributed by atoms with E-state index in [4.69, 9.17) is 9.52 Å². The zero-order chi connectivity index (χ0) is 13.4. The molecule has 1 aromatic heterocycles. The summed E-state index contributed by atoms with van der Waals surface area (Å²) in [4.78, 5) is 11.1. The number of thioether (sulfide) groups is 1. The lowest BCUT2D eigenvalue weighted by molar-refractivity contribution is -0.139. The average Bonchev–Trinajstić information content (AvgIpc) is 2.74. The molecule has 2 atom stereocenters. The third kappa shape index (κ3) is 2.24. The van der Waals surface area contributed by atoms with Crippen LogP contribution in [0.4, 0.5) is 0 Å². The van der Waals surface area contributed by atoms with Gasteiger partial charge in [-0.3, -0.25) is 10.1 Å². The molecule has 19 heavy (non-hydrogen) atoms. The van der Waals surface area contributed by atoms with E-state index >= 15 is 0 Å². The molecule has 0 spiro atoms. The van der Waals surface area contributed by atoms with E-state index in [1.165, 1.54) is 0 Å². The van der Waals surface area contributed by atoms with Crippen molar-refractivity contribution in [2.45, 2.75) is 24.8 Å². The highest BCUT2D eigenvalue weighted by atomic mass is 32.2. The van der Waals surface area contributed by atoms with E-state index in [1.807, 2.05) is 31.2 Å². The number of hydrogen-bond donors (Lipinski definition) is 2. The van der Waals surface area contributed by atoms with Gasteiger partial charge in [-0.15, -0.1) is 11.8 Å². The van der Waals surface area contributed by atoms with Crippen LogP contribution in [0, 0.1) is 6.92 Å². The molecule has 0 radical (unpaired) electrons. The molecule has 1 fully saturated rings. The number of para-hydroxylation sites is 1. The Kier molecular flexibility index (Phi) is 3.24. The number of rotatable bonds is 2. The van der Waals surface area contributed by atoms with Crippen LogP contribution in [0.15, 0.2) is 28.7 Å². The van der Waals surface area contributed by atoms with Gasteiger partial charge in [-0.2, -0.15) is 0 Å². The highest BCUT2D eigenvalue weighted by Crippen LogP contribution is 2.38. The van der Waals surface area contributed by atoms with E-state index in [9.17, 15) is 4.79 Å². The summed E-state index contributed by atoms with van der Waals surface area (Å²) >= 11 is 1.74. The van der Waals surface area contributed by atoms with Crippen LogP contribution in [0.3, 0.4) is 0 Å². The molecule has 0 bridgehead atoms. The number of aryl methyl sites for hydroxylation is 1. The lowest BCUT2D eigenvalue weighted by Gasteiger charge is -2.28. The smallest absolute Gasteiger partial charge is 0.320 e. The lowest BCUT2D eigenvalue weighted by atomic mass is 10.1. The topological polar surface area (TPSA) is 62.5 Å². The fraction of sp³-hybridized carbons (Fsp3) is 0.357. The molecule has 3 rings (SSSR count). The van der Waals surface area contributed by atoms with Crippen molar-refractivity contribution in [3.8, 4) is 0 Å². The largest absolute Gasteiger partial charge is 0.480 e. The van der Waals surface area contributed by atoms with Crippen LogP contribution in [0.2, 0.25) is 0 Å². The molecule has 0 aliphatic carbocycles. The van der Waals surface area contributed by atoms with Gasteiger partial charge >= 0.3 is 5.97 Å². The zero-order valence-corrected chi connectivity index (χ0v) is 11.4. The van der Waals surface area contributed by atoms with Gasteiger partial charge in [-0.25, -0.2) is 0 Å². The van der Waals surface area contributed by atoms with E-state index < -0.39 is 12.0 Å². The summed E-state index contributed by atoms with van der Waals surface area (Å²) in [5.41, 5.74) is 1.93. The minimum absolute atomic E-state index is 0.0153. The first kappa shape index (κ1) is 12.6. The van der Waals surface area contributed by atoms with Gasteiger partial charge in [0.15, 0.2) is 0 Å². The predicted octanol–water partition coefficient (Wildman–Crippen LogP) is 2.92. The van der Waals surface area contributed by atoms with E-state index in [-0.39, 0.29) is 5.37 Å². The van der Waals surface area contributed by atoms with Gasteiger partial charge in [0.05, 0.1) is 5.37 Å². The van der Waals surface area contributed by atoms with Crippen molar-refractivity contribution in [2.75, 3.05) is 5.75 Å². The molecular weight excluding hydrogens is 262 g/mol. The number of aliphatic carboxylic acids is 1. The Morgan fingerprint density at radius 3 is 3.05 bits per heavy atom. The van der Waals surface area contributed by atoms with Crippen LogP contribution >= 0.6 is 11.8 Å². The molecule has 1 aromatic carbocycles. The minimum atomic E-state index is -0.782. The summed E-state index contributed by atoms with van der Waals surface area (Å²) in [6.07, 6.45) is 0.658. The van der Waals surface area contributed by atoms with Crippen LogP contribution in [0.1, 0.15) is 23.1 Å². The SMILES string of the molecule is Cc1oc2ccccc2c1C1NC(C(=O)O)CCS1.